The van der Waals surface area contributed by atoms with Crippen LogP contribution < -0.4 is 5.32 Å². The maximum atomic E-state index is 12.6. The van der Waals surface area contributed by atoms with Crippen molar-refractivity contribution < 1.29 is 9.53 Å². The Bertz CT molecular complexity index is 1010. The van der Waals surface area contributed by atoms with Gasteiger partial charge >= 0.3 is 5.97 Å². The second kappa shape index (κ2) is 8.09. The number of nitrogens with zero attached hydrogens (tertiary/aromatic N) is 3. The molecule has 1 aliphatic rings. The van der Waals surface area contributed by atoms with Gasteiger partial charge < -0.3 is 10.1 Å². The lowest BCUT2D eigenvalue weighted by atomic mass is 9.76. The number of esters is 1. The fourth-order valence-electron chi connectivity index (χ4n) is 4.42. The van der Waals surface area contributed by atoms with Crippen LogP contribution in [0.15, 0.2) is 48.5 Å². The van der Waals surface area contributed by atoms with E-state index < -0.39 is 5.60 Å². The van der Waals surface area contributed by atoms with Crippen LogP contribution in [0.5, 0.6) is 0 Å². The molecule has 0 saturated heterocycles. The first-order valence-electron chi connectivity index (χ1n) is 10.7. The van der Waals surface area contributed by atoms with Gasteiger partial charge in [-0.15, -0.1) is 5.10 Å². The highest BCUT2D eigenvalue weighted by Gasteiger charge is 2.38. The lowest BCUT2D eigenvalue weighted by Gasteiger charge is -2.30. The van der Waals surface area contributed by atoms with Crippen LogP contribution in [0, 0.1) is 0 Å². The molecule has 30 heavy (non-hydrogen) atoms. The largest absolute Gasteiger partial charge is 0.460 e. The number of benzene rings is 2. The van der Waals surface area contributed by atoms with Gasteiger partial charge in [-0.25, -0.2) is 4.68 Å². The SMILES string of the molecule is CC(C)(C)OC(=O)CC1(c2ccc(NCn3nnc4ccccc43)cc2)CCCC1. The third kappa shape index (κ3) is 4.48. The maximum Gasteiger partial charge on any atom is 0.307 e. The zero-order valence-electron chi connectivity index (χ0n) is 18.0. The third-order valence-corrected chi connectivity index (χ3v) is 5.81. The van der Waals surface area contributed by atoms with Crippen molar-refractivity contribution in [1.29, 1.82) is 0 Å². The molecule has 1 aliphatic carbocycles. The standard InChI is InChI=1S/C24H30N4O2/c1-23(2,3)30-22(29)16-24(14-6-7-15-24)18-10-12-19(13-11-18)25-17-28-21-9-5-4-8-20(21)26-27-28/h4-5,8-13,25H,6-7,14-17H2,1-3H3. The third-order valence-electron chi connectivity index (χ3n) is 5.81. The molecule has 0 atom stereocenters. The van der Waals surface area contributed by atoms with Crippen molar-refractivity contribution in [2.75, 3.05) is 5.32 Å². The first-order chi connectivity index (χ1) is 14.3. The van der Waals surface area contributed by atoms with Gasteiger partial charge in [-0.1, -0.05) is 42.3 Å². The predicted octanol–water partition coefficient (Wildman–Crippen LogP) is 5.04. The van der Waals surface area contributed by atoms with Crippen LogP contribution in [0.4, 0.5) is 5.69 Å². The van der Waals surface area contributed by atoms with Gasteiger partial charge in [0, 0.05) is 11.1 Å². The summed E-state index contributed by atoms with van der Waals surface area (Å²) in [5, 5.41) is 11.8. The molecule has 0 unspecified atom stereocenters. The number of rotatable bonds is 6. The molecule has 6 nitrogen and oxygen atoms in total. The highest BCUT2D eigenvalue weighted by atomic mass is 16.6. The molecule has 158 valence electrons. The Morgan fingerprint density at radius 2 is 1.80 bits per heavy atom. The molecule has 1 heterocycles. The fourth-order valence-corrected chi connectivity index (χ4v) is 4.42. The van der Waals surface area contributed by atoms with Gasteiger partial charge in [-0.05, 0) is 63.4 Å². The molecule has 0 bridgehead atoms. The number of aromatic nitrogens is 3. The van der Waals surface area contributed by atoms with Crippen molar-refractivity contribution in [2.24, 2.45) is 0 Å². The van der Waals surface area contributed by atoms with Gasteiger partial charge in [0.05, 0.1) is 11.9 Å². The summed E-state index contributed by atoms with van der Waals surface area (Å²) in [4.78, 5) is 12.6. The van der Waals surface area contributed by atoms with Crippen LogP contribution in [0.3, 0.4) is 0 Å². The van der Waals surface area contributed by atoms with Crippen LogP contribution in [0.1, 0.15) is 58.4 Å². The van der Waals surface area contributed by atoms with E-state index in [1.54, 1.807) is 0 Å². The topological polar surface area (TPSA) is 69.0 Å². The maximum absolute atomic E-state index is 12.6. The average Bonchev–Trinajstić information content (AvgIpc) is 3.33. The normalized spacial score (nSPS) is 16.0. The summed E-state index contributed by atoms with van der Waals surface area (Å²) in [7, 11) is 0. The second-order valence-electron chi connectivity index (χ2n) is 9.24. The Labute approximate surface area is 177 Å². The van der Waals surface area contributed by atoms with Crippen molar-refractivity contribution in [2.45, 2.75) is 70.6 Å². The molecule has 6 heteroatoms. The Hall–Kier alpha value is -2.89. The number of carbonyl (C=O) groups is 1. The number of hydrogen-bond acceptors (Lipinski definition) is 5. The monoisotopic (exact) mass is 406 g/mol. The molecule has 2 aromatic carbocycles. The number of anilines is 1. The summed E-state index contributed by atoms with van der Waals surface area (Å²) < 4.78 is 7.47. The van der Waals surface area contributed by atoms with Crippen LogP contribution in [0.25, 0.3) is 11.0 Å². The van der Waals surface area contributed by atoms with Crippen LogP contribution in [-0.4, -0.2) is 26.6 Å². The molecule has 4 rings (SSSR count). The van der Waals surface area contributed by atoms with Crippen molar-refractivity contribution in [3.8, 4) is 0 Å². The molecule has 1 fully saturated rings. The molecule has 1 N–H and O–H groups in total. The Morgan fingerprint density at radius 1 is 1.10 bits per heavy atom. The van der Waals surface area contributed by atoms with Crippen LogP contribution in [0.2, 0.25) is 0 Å². The van der Waals surface area contributed by atoms with Crippen molar-refractivity contribution in [3.05, 3.63) is 54.1 Å². The van der Waals surface area contributed by atoms with Crippen LogP contribution in [-0.2, 0) is 21.6 Å². The average molecular weight is 407 g/mol. The van der Waals surface area contributed by atoms with Gasteiger partial charge in [0.1, 0.15) is 17.8 Å². The molecular formula is C24H30N4O2. The zero-order chi connectivity index (χ0) is 21.2. The number of para-hydroxylation sites is 1. The Balaban J connectivity index is 1.45. The first-order valence-corrected chi connectivity index (χ1v) is 10.7. The van der Waals surface area contributed by atoms with Gasteiger partial charge in [-0.3, -0.25) is 4.79 Å². The molecule has 0 radical (unpaired) electrons. The van der Waals surface area contributed by atoms with E-state index in [2.05, 4.69) is 39.9 Å². The van der Waals surface area contributed by atoms with E-state index in [0.717, 1.165) is 42.4 Å². The molecule has 1 aromatic heterocycles. The minimum absolute atomic E-state index is 0.107. The Morgan fingerprint density at radius 3 is 2.50 bits per heavy atom. The molecule has 0 aliphatic heterocycles. The lowest BCUT2D eigenvalue weighted by Crippen LogP contribution is -2.31. The minimum atomic E-state index is -0.448. The zero-order valence-corrected chi connectivity index (χ0v) is 18.0. The highest BCUT2D eigenvalue weighted by molar-refractivity contribution is 5.74. The summed E-state index contributed by atoms with van der Waals surface area (Å²) in [6, 6.07) is 16.4. The number of fused-ring (bicyclic) bond motifs is 1. The summed E-state index contributed by atoms with van der Waals surface area (Å²) in [6.45, 7) is 6.31. The first kappa shape index (κ1) is 20.4. The number of hydrogen-bond donors (Lipinski definition) is 1. The molecule has 3 aromatic rings. The van der Waals surface area contributed by atoms with Gasteiger partial charge in [0.15, 0.2) is 0 Å². The van der Waals surface area contributed by atoms with Gasteiger partial charge in [0.2, 0.25) is 0 Å². The quantitative estimate of drug-likeness (QED) is 0.581. The number of nitrogens with one attached hydrogen (secondary N) is 1. The Kier molecular flexibility index (Phi) is 5.50. The van der Waals surface area contributed by atoms with E-state index in [1.807, 2.05) is 49.7 Å². The fraction of sp³-hybridized carbons (Fsp3) is 0.458. The summed E-state index contributed by atoms with van der Waals surface area (Å²) in [5.41, 5.74) is 3.58. The predicted molar refractivity (Wildman–Crippen MR) is 118 cm³/mol. The van der Waals surface area contributed by atoms with E-state index in [-0.39, 0.29) is 11.4 Å². The van der Waals surface area contributed by atoms with E-state index in [1.165, 1.54) is 5.56 Å². The van der Waals surface area contributed by atoms with E-state index in [0.29, 0.717) is 13.1 Å². The van der Waals surface area contributed by atoms with E-state index >= 15 is 0 Å². The van der Waals surface area contributed by atoms with Crippen LogP contribution >= 0.6 is 0 Å². The molecule has 0 spiro atoms. The lowest BCUT2D eigenvalue weighted by molar-refractivity contribution is -0.156. The van der Waals surface area contributed by atoms with Crippen molar-refractivity contribution in [1.82, 2.24) is 15.0 Å². The smallest absolute Gasteiger partial charge is 0.307 e. The highest BCUT2D eigenvalue weighted by Crippen LogP contribution is 2.44. The molecular weight excluding hydrogens is 376 g/mol. The number of carbonyl (C=O) groups excluding carboxylic acids is 1. The van der Waals surface area contributed by atoms with Gasteiger partial charge in [-0.2, -0.15) is 0 Å². The van der Waals surface area contributed by atoms with E-state index in [9.17, 15) is 4.79 Å². The summed E-state index contributed by atoms with van der Waals surface area (Å²) in [5.74, 6) is -0.107. The van der Waals surface area contributed by atoms with Crippen molar-refractivity contribution >= 4 is 22.7 Å². The van der Waals surface area contributed by atoms with E-state index in [4.69, 9.17) is 4.74 Å². The number of ether oxygens (including phenoxy) is 1. The van der Waals surface area contributed by atoms with Crippen molar-refractivity contribution in [3.63, 3.8) is 0 Å². The molecule has 1 saturated carbocycles. The molecule has 0 amide bonds. The summed E-state index contributed by atoms with van der Waals surface area (Å²) in [6.07, 6.45) is 4.82. The minimum Gasteiger partial charge on any atom is -0.460 e. The summed E-state index contributed by atoms with van der Waals surface area (Å²) >= 11 is 0. The van der Waals surface area contributed by atoms with Gasteiger partial charge in [0.25, 0.3) is 0 Å². The second-order valence-corrected chi connectivity index (χ2v) is 9.24.